The molecule has 7 aromatic carbocycles. The van der Waals surface area contributed by atoms with Gasteiger partial charge in [-0.1, -0.05) is 123 Å². The van der Waals surface area contributed by atoms with Crippen molar-refractivity contribution in [3.63, 3.8) is 0 Å². The van der Waals surface area contributed by atoms with Crippen LogP contribution in [0.25, 0.3) is 43.8 Å². The van der Waals surface area contributed by atoms with E-state index < -0.39 is 23.5 Å². The molecular weight excluding hydrogens is 973 g/mol. The molecule has 0 nitrogen and oxygen atoms in total. The van der Waals surface area contributed by atoms with Gasteiger partial charge in [-0.25, -0.2) is 6.08 Å². The van der Waals surface area contributed by atoms with Crippen LogP contribution in [0.2, 0.25) is 0 Å². The van der Waals surface area contributed by atoms with Crippen LogP contribution >= 0.6 is 0 Å². The monoisotopic (exact) mass is 1030 g/mol. The molecule has 0 amide bonds. The number of benzene rings is 6. The Morgan fingerprint density at radius 2 is 0.985 bits per heavy atom. The summed E-state index contributed by atoms with van der Waals surface area (Å²) in [4.78, 5) is 0. The van der Waals surface area contributed by atoms with Gasteiger partial charge >= 0.3 is 137 Å². The Labute approximate surface area is 420 Å². The van der Waals surface area contributed by atoms with E-state index in [0.29, 0.717) is 14.5 Å². The van der Waals surface area contributed by atoms with Crippen molar-refractivity contribution in [1.82, 2.24) is 0 Å². The number of alkyl halides is 6. The van der Waals surface area contributed by atoms with Gasteiger partial charge in [-0.3, -0.25) is 6.08 Å². The van der Waals surface area contributed by atoms with Gasteiger partial charge in [0.1, 0.15) is 0 Å². The van der Waals surface area contributed by atoms with Crippen molar-refractivity contribution >= 4 is 24.8 Å². The number of fused-ring (bicyclic) bond motifs is 3. The minimum absolute atomic E-state index is 0. The zero-order chi connectivity index (χ0) is 47.6. The largest absolute Gasteiger partial charge is 1.00 e. The third-order valence-corrected chi connectivity index (χ3v) is 13.3. The topological polar surface area (TPSA) is 0 Å². The van der Waals surface area contributed by atoms with E-state index in [1.54, 1.807) is 0 Å². The average Bonchev–Trinajstić information content (AvgIpc) is 3.85. The fourth-order valence-corrected chi connectivity index (χ4v) is 9.69. The summed E-state index contributed by atoms with van der Waals surface area (Å²) >= 11 is 0.729. The molecule has 1 unspecified atom stereocenters. The van der Waals surface area contributed by atoms with E-state index in [1.807, 2.05) is 0 Å². The molecule has 1 aliphatic carbocycles. The molecule has 0 saturated carbocycles. The zero-order valence-corrected chi connectivity index (χ0v) is 43.6. The molecule has 0 saturated heterocycles. The van der Waals surface area contributed by atoms with Gasteiger partial charge in [-0.15, -0.1) is 39.7 Å². The molecule has 1 aliphatic rings. The van der Waals surface area contributed by atoms with Crippen molar-refractivity contribution in [3.05, 3.63) is 195 Å². The molecule has 0 heterocycles. The van der Waals surface area contributed by atoms with Crippen molar-refractivity contribution in [2.24, 2.45) is 11.3 Å². The second kappa shape index (κ2) is 22.3. The summed E-state index contributed by atoms with van der Waals surface area (Å²) in [6.45, 7) is 22.2. The van der Waals surface area contributed by atoms with Crippen LogP contribution in [0.15, 0.2) is 133 Å². The van der Waals surface area contributed by atoms with Gasteiger partial charge in [0, 0.05) is 0 Å². The Morgan fingerprint density at radius 1 is 0.582 bits per heavy atom. The molecule has 8 rings (SSSR count). The number of hydrogen-bond donors (Lipinski definition) is 0. The van der Waals surface area contributed by atoms with Gasteiger partial charge < -0.3 is 24.8 Å². The molecule has 1 atom stereocenters. The van der Waals surface area contributed by atoms with E-state index >= 15 is 0 Å². The van der Waals surface area contributed by atoms with Gasteiger partial charge in [0.15, 0.2) is 0 Å². The fourth-order valence-electron chi connectivity index (χ4n) is 8.93. The molecule has 350 valence electrons. The van der Waals surface area contributed by atoms with E-state index in [-0.39, 0.29) is 35.9 Å². The summed E-state index contributed by atoms with van der Waals surface area (Å²) in [6.07, 6.45) is 1.45. The van der Waals surface area contributed by atoms with Crippen LogP contribution in [-0.4, -0.2) is 3.21 Å². The first-order valence-electron chi connectivity index (χ1n) is 22.0. The van der Waals surface area contributed by atoms with Crippen LogP contribution in [0.5, 0.6) is 0 Å². The van der Waals surface area contributed by atoms with E-state index in [0.717, 1.165) is 48.5 Å². The molecule has 9 heteroatoms. The van der Waals surface area contributed by atoms with Crippen LogP contribution in [0, 0.1) is 59.0 Å². The van der Waals surface area contributed by atoms with Crippen LogP contribution in [0.1, 0.15) is 96.2 Å². The molecule has 0 aromatic heterocycles. The van der Waals surface area contributed by atoms with Crippen LogP contribution in [-0.2, 0) is 36.6 Å². The molecule has 67 heavy (non-hydrogen) atoms. The number of halogens is 8. The van der Waals surface area contributed by atoms with Crippen LogP contribution in [0.3, 0.4) is 0 Å². The normalized spacial score (nSPS) is 13.5. The van der Waals surface area contributed by atoms with E-state index in [1.165, 1.54) is 120 Å². The standard InChI is InChI=1S/C31H29.C15H8F6.C12H19.2ClH.Zr/c1-18-11-20(3)30(21(4)12-18)24-7-9-28-26(15-24)17-27-16-25(8-10-29(27)28)31-22(5)13-19(2)14-23(31)6;16-14(17,18)12-5-1-3-10(8-12)7-11-4-2-6-13(9-11)15(19,20)21;1-5-6-10-7-8-11(9-10)12(2,3)4;;;/h7-17H,1-6H3;1-6,8-9H;8-10H,5-6H2,1-4H3;2*1H;/q-1;;-1;;;+2/p-2. The fraction of sp³-hybridized carbons (Fsp3) is 0.276. The second-order valence-electron chi connectivity index (χ2n) is 18.4. The summed E-state index contributed by atoms with van der Waals surface area (Å²) in [5, 5.41) is 5.32. The van der Waals surface area contributed by atoms with Crippen LogP contribution < -0.4 is 24.8 Å². The maximum absolute atomic E-state index is 12.7. The smallest absolute Gasteiger partial charge is 1.00 e. The Bertz CT molecular complexity index is 2720. The quantitative estimate of drug-likeness (QED) is 0.115. The summed E-state index contributed by atoms with van der Waals surface area (Å²) in [7, 11) is 0. The third kappa shape index (κ3) is 13.4. The molecule has 7 aromatic rings. The summed E-state index contributed by atoms with van der Waals surface area (Å²) < 4.78 is 76.7. The van der Waals surface area contributed by atoms with Crippen molar-refractivity contribution in [1.29, 1.82) is 0 Å². The predicted octanol–water partition coefficient (Wildman–Crippen LogP) is 11.5. The molecule has 0 aliphatic heterocycles. The average molecular weight is 1030 g/mol. The number of hydrogen-bond acceptors (Lipinski definition) is 0. The first-order chi connectivity index (χ1) is 30.4. The van der Waals surface area contributed by atoms with Gasteiger partial charge in [-0.05, 0) is 74.9 Å². The summed E-state index contributed by atoms with van der Waals surface area (Å²) in [5.41, 5.74) is 14.0. The molecule has 0 N–H and O–H groups in total. The first-order valence-corrected chi connectivity index (χ1v) is 23.2. The first kappa shape index (κ1) is 55.2. The number of rotatable bonds is 6. The summed E-state index contributed by atoms with van der Waals surface area (Å²) in [6, 6.07) is 34.6. The minimum atomic E-state index is -4.49. The molecule has 0 spiro atoms. The van der Waals surface area contributed by atoms with Gasteiger partial charge in [0.25, 0.3) is 0 Å². The zero-order valence-electron chi connectivity index (χ0n) is 39.6. The third-order valence-electron chi connectivity index (χ3n) is 11.9. The Balaban J connectivity index is 0.000000238. The Hall–Kier alpha value is -4.42. The second-order valence-corrected chi connectivity index (χ2v) is 19.6. The number of aryl methyl sites for hydroxylation is 6. The van der Waals surface area contributed by atoms with E-state index in [9.17, 15) is 26.3 Å². The maximum atomic E-state index is 12.7. The van der Waals surface area contributed by atoms with Crippen molar-refractivity contribution in [2.45, 2.75) is 94.4 Å². The molecule has 0 bridgehead atoms. The summed E-state index contributed by atoms with van der Waals surface area (Å²) in [5.74, 6) is 0.587. The minimum Gasteiger partial charge on any atom is -1.00 e. The van der Waals surface area contributed by atoms with Crippen molar-refractivity contribution in [3.8, 4) is 22.3 Å². The SMILES string of the molecule is CCCC1[C-]=CC(C(C)(C)C)=C1.Cc1cc(C)c(-c2ccc3c(c2)[cH-]c2cc(-c4c(C)cc(C)cc4C)ccc23)c(C)c1.FC(F)(F)c1cccc([C](=[Zr+2])c2cccc(C(F)(F)F)c2)c1.[Cl-].[Cl-]. The molecular formula is C58H56Cl2F6Zr-2. The van der Waals surface area contributed by atoms with E-state index in [4.69, 9.17) is 0 Å². The van der Waals surface area contributed by atoms with E-state index in [2.05, 4.69) is 154 Å². The van der Waals surface area contributed by atoms with Crippen molar-refractivity contribution in [2.75, 3.05) is 0 Å². The maximum Gasteiger partial charge on any atom is -1.00 e. The predicted molar refractivity (Wildman–Crippen MR) is 256 cm³/mol. The molecule has 0 fully saturated rings. The Morgan fingerprint density at radius 3 is 1.33 bits per heavy atom. The van der Waals surface area contributed by atoms with Gasteiger partial charge in [0.2, 0.25) is 0 Å². The van der Waals surface area contributed by atoms with Gasteiger partial charge in [0.05, 0.1) is 0 Å². The Kier molecular flexibility index (Phi) is 18.4. The molecule has 0 radical (unpaired) electrons. The van der Waals surface area contributed by atoms with Crippen LogP contribution in [0.4, 0.5) is 26.3 Å². The van der Waals surface area contributed by atoms with Crippen molar-refractivity contribution < 1.29 is 75.4 Å². The van der Waals surface area contributed by atoms with Gasteiger partial charge in [-0.2, -0.15) is 11.6 Å². The number of allylic oxidation sites excluding steroid dienone is 4.